The van der Waals surface area contributed by atoms with Gasteiger partial charge in [0.15, 0.2) is 0 Å². The predicted molar refractivity (Wildman–Crippen MR) is 57.6 cm³/mol. The lowest BCUT2D eigenvalue weighted by Gasteiger charge is -2.04. The summed E-state index contributed by atoms with van der Waals surface area (Å²) in [7, 11) is -8.84. The van der Waals surface area contributed by atoms with E-state index in [0.29, 0.717) is 6.07 Å². The van der Waals surface area contributed by atoms with Crippen LogP contribution in [0, 0.1) is 0 Å². The van der Waals surface area contributed by atoms with Gasteiger partial charge in [-0.3, -0.25) is 4.55 Å². The van der Waals surface area contributed by atoms with E-state index >= 15 is 0 Å². The molecule has 0 radical (unpaired) electrons. The van der Waals surface area contributed by atoms with Gasteiger partial charge in [0.05, 0.1) is 16.4 Å². The first kappa shape index (κ1) is 15.0. The molecule has 0 aromatic heterocycles. The summed E-state index contributed by atoms with van der Waals surface area (Å²) in [6.45, 7) is -0.808. The summed E-state index contributed by atoms with van der Waals surface area (Å²) in [5.41, 5.74) is 0. The molecule has 0 aliphatic rings. The third-order valence-corrected chi connectivity index (χ3v) is 3.66. The van der Waals surface area contributed by atoms with Crippen molar-refractivity contribution in [2.45, 2.75) is 9.79 Å². The molecule has 0 fully saturated rings. The Kier molecular flexibility index (Phi) is 4.78. The molecule has 0 saturated heterocycles. The molecule has 1 aromatic carbocycles. The molecule has 0 atom stereocenters. The summed E-state index contributed by atoms with van der Waals surface area (Å²) in [4.78, 5) is 3.08. The van der Waals surface area contributed by atoms with Gasteiger partial charge in [0.1, 0.15) is 6.61 Å². The van der Waals surface area contributed by atoms with Gasteiger partial charge in [-0.25, -0.2) is 4.89 Å². The zero-order chi connectivity index (χ0) is 13.8. The first-order chi connectivity index (χ1) is 8.27. The molecule has 102 valence electrons. The largest absolute Gasteiger partial charge is 0.394 e. The van der Waals surface area contributed by atoms with Crippen LogP contribution in [0.25, 0.3) is 0 Å². The molecule has 0 amide bonds. The van der Waals surface area contributed by atoms with Crippen LogP contribution >= 0.6 is 0 Å². The van der Waals surface area contributed by atoms with Crippen molar-refractivity contribution < 1.29 is 35.7 Å². The van der Waals surface area contributed by atoms with Crippen molar-refractivity contribution >= 4 is 20.2 Å². The monoisotopic (exact) mass is 298 g/mol. The van der Waals surface area contributed by atoms with Crippen LogP contribution in [-0.2, 0) is 29.5 Å². The molecule has 2 N–H and O–H groups in total. The second-order valence-electron chi connectivity index (χ2n) is 3.02. The Balaban J connectivity index is 3.03. The summed E-state index contributed by atoms with van der Waals surface area (Å²) >= 11 is 0. The average Bonchev–Trinajstić information content (AvgIpc) is 2.28. The maximum Gasteiger partial charge on any atom is 0.323 e. The molecule has 0 heterocycles. The van der Waals surface area contributed by atoms with Crippen molar-refractivity contribution in [1.82, 2.24) is 0 Å². The van der Waals surface area contributed by atoms with Crippen LogP contribution < -0.4 is 0 Å². The molecule has 1 aromatic rings. The van der Waals surface area contributed by atoms with Gasteiger partial charge < -0.3 is 5.11 Å². The third-order valence-electron chi connectivity index (χ3n) is 1.70. The van der Waals surface area contributed by atoms with E-state index in [-0.39, 0.29) is 6.61 Å². The molecule has 0 spiro atoms. The minimum atomic E-state index is -4.51. The standard InChI is InChI=1S/C8H10O8S2/c9-4-5-15-16-18(13,14)8-3-1-2-7(6-8)17(10,11)12/h1-3,6,9H,4-5H2,(H,10,11,12). The lowest BCUT2D eigenvalue weighted by atomic mass is 10.4. The topological polar surface area (TPSA) is 127 Å². The van der Waals surface area contributed by atoms with E-state index in [0.717, 1.165) is 18.2 Å². The molecule has 1 rings (SSSR count). The van der Waals surface area contributed by atoms with Crippen molar-refractivity contribution in [3.05, 3.63) is 24.3 Å². The van der Waals surface area contributed by atoms with Crippen molar-refractivity contribution in [1.29, 1.82) is 0 Å². The van der Waals surface area contributed by atoms with E-state index in [1.807, 2.05) is 0 Å². The lowest BCUT2D eigenvalue weighted by molar-refractivity contribution is -0.207. The number of hydrogen-bond donors (Lipinski definition) is 2. The highest BCUT2D eigenvalue weighted by molar-refractivity contribution is 7.87. The molecule has 8 nitrogen and oxygen atoms in total. The van der Waals surface area contributed by atoms with Crippen LogP contribution in [0.2, 0.25) is 0 Å². The number of rotatable bonds is 6. The van der Waals surface area contributed by atoms with E-state index in [1.54, 1.807) is 0 Å². The summed E-state index contributed by atoms with van der Waals surface area (Å²) in [5, 5.41) is 8.37. The molecule has 10 heteroatoms. The second-order valence-corrected chi connectivity index (χ2v) is 5.95. The number of aliphatic hydroxyl groups is 1. The highest BCUT2D eigenvalue weighted by Crippen LogP contribution is 2.17. The number of hydrogen-bond acceptors (Lipinski definition) is 7. The Morgan fingerprint density at radius 3 is 2.28 bits per heavy atom. The first-order valence-corrected chi connectivity index (χ1v) is 7.37. The minimum absolute atomic E-state index is 0.364. The van der Waals surface area contributed by atoms with Gasteiger partial charge in [-0.15, -0.1) is 4.33 Å². The number of aliphatic hydroxyl groups excluding tert-OH is 1. The van der Waals surface area contributed by atoms with E-state index in [2.05, 4.69) is 9.22 Å². The van der Waals surface area contributed by atoms with Gasteiger partial charge in [0, 0.05) is 0 Å². The fourth-order valence-corrected chi connectivity index (χ4v) is 2.35. The maximum absolute atomic E-state index is 11.5. The Hall–Kier alpha value is -1.04. The highest BCUT2D eigenvalue weighted by atomic mass is 32.2. The fraction of sp³-hybridized carbons (Fsp3) is 0.250. The highest BCUT2D eigenvalue weighted by Gasteiger charge is 2.19. The maximum atomic E-state index is 11.5. The van der Waals surface area contributed by atoms with Crippen LogP contribution in [0.3, 0.4) is 0 Å². The van der Waals surface area contributed by atoms with Crippen LogP contribution in [0.5, 0.6) is 0 Å². The Bertz CT molecular complexity index is 604. The van der Waals surface area contributed by atoms with Crippen LogP contribution in [-0.4, -0.2) is 39.7 Å². The molecular formula is C8H10O8S2. The summed E-state index contributed by atoms with van der Waals surface area (Å²) in [5.74, 6) is 0. The normalized spacial score (nSPS) is 12.6. The van der Waals surface area contributed by atoms with Crippen molar-refractivity contribution in [3.63, 3.8) is 0 Å². The van der Waals surface area contributed by atoms with Gasteiger partial charge >= 0.3 is 10.1 Å². The van der Waals surface area contributed by atoms with Crippen LogP contribution in [0.1, 0.15) is 0 Å². The molecule has 0 bridgehead atoms. The van der Waals surface area contributed by atoms with E-state index in [9.17, 15) is 16.8 Å². The van der Waals surface area contributed by atoms with Gasteiger partial charge in [-0.05, 0) is 18.2 Å². The lowest BCUT2D eigenvalue weighted by Crippen LogP contribution is -2.10. The zero-order valence-electron chi connectivity index (χ0n) is 8.88. The quantitative estimate of drug-likeness (QED) is 0.313. The smallest absolute Gasteiger partial charge is 0.323 e. The Morgan fingerprint density at radius 1 is 1.11 bits per heavy atom. The van der Waals surface area contributed by atoms with E-state index in [4.69, 9.17) is 9.66 Å². The third kappa shape index (κ3) is 4.01. The molecule has 0 aliphatic heterocycles. The Morgan fingerprint density at radius 2 is 1.72 bits per heavy atom. The molecular weight excluding hydrogens is 288 g/mol. The molecule has 18 heavy (non-hydrogen) atoms. The summed E-state index contributed by atoms with van der Waals surface area (Å²) in [6, 6.07) is 3.91. The average molecular weight is 298 g/mol. The Labute approximate surface area is 104 Å². The van der Waals surface area contributed by atoms with E-state index < -0.39 is 36.6 Å². The zero-order valence-corrected chi connectivity index (χ0v) is 10.5. The fourth-order valence-electron chi connectivity index (χ4n) is 0.964. The molecule has 0 unspecified atom stereocenters. The van der Waals surface area contributed by atoms with Gasteiger partial charge in [0.2, 0.25) is 0 Å². The summed E-state index contributed by atoms with van der Waals surface area (Å²) in [6.07, 6.45) is 0. The predicted octanol–water partition coefficient (Wildman–Crippen LogP) is -0.437. The van der Waals surface area contributed by atoms with Crippen molar-refractivity contribution in [3.8, 4) is 0 Å². The van der Waals surface area contributed by atoms with Crippen molar-refractivity contribution in [2.24, 2.45) is 0 Å². The minimum Gasteiger partial charge on any atom is -0.394 e. The van der Waals surface area contributed by atoms with Crippen LogP contribution in [0.4, 0.5) is 0 Å². The van der Waals surface area contributed by atoms with Crippen LogP contribution in [0.15, 0.2) is 34.1 Å². The SMILES string of the molecule is O=S(=O)(O)c1cccc(S(=O)(=O)OOCCO)c1. The molecule has 0 aliphatic carbocycles. The second kappa shape index (κ2) is 5.73. The van der Waals surface area contributed by atoms with E-state index in [1.165, 1.54) is 0 Å². The van der Waals surface area contributed by atoms with Gasteiger partial charge in [-0.2, -0.15) is 16.8 Å². The summed E-state index contributed by atoms with van der Waals surface area (Å²) < 4.78 is 57.4. The van der Waals surface area contributed by atoms with Gasteiger partial charge in [0.25, 0.3) is 10.1 Å². The molecule has 0 saturated carbocycles. The van der Waals surface area contributed by atoms with Gasteiger partial charge in [-0.1, -0.05) is 6.07 Å². The van der Waals surface area contributed by atoms with Crippen molar-refractivity contribution in [2.75, 3.05) is 13.2 Å². The number of benzene rings is 1. The first-order valence-electron chi connectivity index (χ1n) is 4.52.